The second-order valence-corrected chi connectivity index (χ2v) is 20.7. The van der Waals surface area contributed by atoms with Gasteiger partial charge in [-0.3, -0.25) is 0 Å². The standard InChI is InChI=1S/C76H51BN2/c1-7-24-52(25-8-1)58-38-21-39-59(46-58)63-50-72-74-73(51-63)79(76-66(56-32-15-5-16-33-56)42-23-43-67(76)57-34-17-6-18-35-57)71-48-61-37-20-19-36-60(61)47-69(71)77(74)68-45-44-62(53-26-9-2-10-27-53)49-70(68)78(72)75-64(54-28-11-3-12-29-54)40-22-41-65(75)55-30-13-4-14-31-55/h1-51H. The van der Waals surface area contributed by atoms with E-state index in [1.807, 2.05) is 0 Å². The third-order valence-electron chi connectivity index (χ3n) is 16.2. The predicted octanol–water partition coefficient (Wildman–Crippen LogP) is 18.6. The molecular weight excluding hydrogens is 952 g/mol. The highest BCUT2D eigenvalue weighted by Gasteiger charge is 2.45. The highest BCUT2D eigenvalue weighted by atomic mass is 15.2. The topological polar surface area (TPSA) is 6.48 Å². The first-order valence-corrected chi connectivity index (χ1v) is 27.4. The minimum atomic E-state index is -0.144. The Morgan fingerprint density at radius 1 is 0.203 bits per heavy atom. The lowest BCUT2D eigenvalue weighted by Crippen LogP contribution is -2.61. The van der Waals surface area contributed by atoms with Crippen molar-refractivity contribution in [1.82, 2.24) is 0 Å². The van der Waals surface area contributed by atoms with Gasteiger partial charge in [0, 0.05) is 45.0 Å². The molecule has 2 aliphatic rings. The number of anilines is 6. The molecule has 15 rings (SSSR count). The first kappa shape index (κ1) is 46.1. The van der Waals surface area contributed by atoms with Gasteiger partial charge >= 0.3 is 0 Å². The molecule has 0 saturated carbocycles. The van der Waals surface area contributed by atoms with Gasteiger partial charge in [0.05, 0.1) is 11.4 Å². The molecule has 13 aromatic carbocycles. The first-order chi connectivity index (χ1) is 39.2. The molecular formula is C76H51BN2. The van der Waals surface area contributed by atoms with E-state index in [1.165, 1.54) is 55.1 Å². The Hall–Kier alpha value is -10.2. The van der Waals surface area contributed by atoms with Crippen LogP contribution in [-0.4, -0.2) is 6.71 Å². The van der Waals surface area contributed by atoms with Crippen LogP contribution in [0.15, 0.2) is 309 Å². The monoisotopic (exact) mass is 1000 g/mol. The van der Waals surface area contributed by atoms with Gasteiger partial charge in [0.2, 0.25) is 0 Å². The SMILES string of the molecule is c1ccc(-c2cccc(-c3cc4c5c(c3)N(c3c(-c6ccccc6)cccc3-c3ccccc3)c3cc6ccccc6cc3B5c3ccc(-c5ccccc5)cc3N4c3c(-c4ccccc4)cccc3-c3ccccc3)c2)cc1. The molecule has 79 heavy (non-hydrogen) atoms. The lowest BCUT2D eigenvalue weighted by Gasteiger charge is -2.46. The molecule has 368 valence electrons. The molecule has 0 amide bonds. The molecule has 0 aromatic heterocycles. The number of fused-ring (bicyclic) bond motifs is 5. The summed E-state index contributed by atoms with van der Waals surface area (Å²) >= 11 is 0. The van der Waals surface area contributed by atoms with E-state index in [4.69, 9.17) is 0 Å². The van der Waals surface area contributed by atoms with Gasteiger partial charge < -0.3 is 9.80 Å². The van der Waals surface area contributed by atoms with E-state index in [-0.39, 0.29) is 6.71 Å². The van der Waals surface area contributed by atoms with Crippen LogP contribution in [0.25, 0.3) is 88.7 Å². The molecule has 2 nitrogen and oxygen atoms in total. The average Bonchev–Trinajstić information content (AvgIpc) is 3.37. The molecule has 0 fully saturated rings. The van der Waals surface area contributed by atoms with E-state index in [0.717, 1.165) is 84.1 Å². The minimum Gasteiger partial charge on any atom is -0.310 e. The normalized spacial score (nSPS) is 12.2. The van der Waals surface area contributed by atoms with Crippen LogP contribution in [0.1, 0.15) is 0 Å². The van der Waals surface area contributed by atoms with Crippen LogP contribution in [0.4, 0.5) is 34.1 Å². The smallest absolute Gasteiger partial charge is 0.252 e. The van der Waals surface area contributed by atoms with E-state index in [1.54, 1.807) is 0 Å². The van der Waals surface area contributed by atoms with Crippen LogP contribution >= 0.6 is 0 Å². The zero-order valence-electron chi connectivity index (χ0n) is 43.4. The maximum Gasteiger partial charge on any atom is 0.252 e. The summed E-state index contributed by atoms with van der Waals surface area (Å²) in [4.78, 5) is 5.30. The summed E-state index contributed by atoms with van der Waals surface area (Å²) in [5.41, 5.74) is 26.9. The molecule has 2 heterocycles. The summed E-state index contributed by atoms with van der Waals surface area (Å²) in [6, 6.07) is 115. The maximum absolute atomic E-state index is 2.65. The molecule has 0 N–H and O–H groups in total. The summed E-state index contributed by atoms with van der Waals surface area (Å²) in [5.74, 6) is 0. The Kier molecular flexibility index (Phi) is 11.3. The van der Waals surface area contributed by atoms with Crippen LogP contribution in [0.3, 0.4) is 0 Å². The quantitative estimate of drug-likeness (QED) is 0.133. The van der Waals surface area contributed by atoms with Gasteiger partial charge in [-0.25, -0.2) is 0 Å². The van der Waals surface area contributed by atoms with Crippen molar-refractivity contribution in [3.63, 3.8) is 0 Å². The van der Waals surface area contributed by atoms with Crippen molar-refractivity contribution in [3.8, 4) is 77.9 Å². The van der Waals surface area contributed by atoms with Gasteiger partial charge in [-0.05, 0) is 113 Å². The molecule has 0 bridgehead atoms. The van der Waals surface area contributed by atoms with Crippen molar-refractivity contribution in [2.24, 2.45) is 0 Å². The van der Waals surface area contributed by atoms with Crippen molar-refractivity contribution in [2.75, 3.05) is 9.80 Å². The summed E-state index contributed by atoms with van der Waals surface area (Å²) in [5, 5.41) is 2.41. The number of nitrogens with zero attached hydrogens (tertiary/aromatic N) is 2. The van der Waals surface area contributed by atoms with E-state index < -0.39 is 0 Å². The molecule has 0 saturated heterocycles. The van der Waals surface area contributed by atoms with Crippen molar-refractivity contribution < 1.29 is 0 Å². The maximum atomic E-state index is 2.65. The zero-order chi connectivity index (χ0) is 52.2. The molecule has 0 unspecified atom stereocenters. The summed E-state index contributed by atoms with van der Waals surface area (Å²) in [7, 11) is 0. The summed E-state index contributed by atoms with van der Waals surface area (Å²) in [6.07, 6.45) is 0. The van der Waals surface area contributed by atoms with E-state index >= 15 is 0 Å². The third kappa shape index (κ3) is 7.98. The van der Waals surface area contributed by atoms with E-state index in [2.05, 4.69) is 319 Å². The van der Waals surface area contributed by atoms with Crippen LogP contribution in [-0.2, 0) is 0 Å². The average molecular weight is 1000 g/mol. The number of hydrogen-bond acceptors (Lipinski definition) is 2. The molecule has 0 radical (unpaired) electrons. The highest BCUT2D eigenvalue weighted by Crippen LogP contribution is 2.54. The molecule has 3 heteroatoms. The Bertz CT molecular complexity index is 4290. The fourth-order valence-electron chi connectivity index (χ4n) is 12.6. The number of rotatable bonds is 9. The minimum absolute atomic E-state index is 0.144. The summed E-state index contributed by atoms with van der Waals surface area (Å²) in [6.45, 7) is -0.144. The highest BCUT2D eigenvalue weighted by molar-refractivity contribution is 7.00. The fourth-order valence-corrected chi connectivity index (χ4v) is 12.6. The molecule has 13 aromatic rings. The largest absolute Gasteiger partial charge is 0.310 e. The molecule has 0 spiro atoms. The number of benzene rings is 13. The Morgan fingerprint density at radius 3 is 0.975 bits per heavy atom. The van der Waals surface area contributed by atoms with Crippen LogP contribution in [0, 0.1) is 0 Å². The van der Waals surface area contributed by atoms with Crippen LogP contribution in [0.5, 0.6) is 0 Å². The second-order valence-electron chi connectivity index (χ2n) is 20.7. The van der Waals surface area contributed by atoms with Crippen molar-refractivity contribution in [1.29, 1.82) is 0 Å². The lowest BCUT2D eigenvalue weighted by atomic mass is 9.33. The molecule has 0 aliphatic carbocycles. The number of hydrogen-bond donors (Lipinski definition) is 0. The van der Waals surface area contributed by atoms with Gasteiger partial charge in [-0.2, -0.15) is 0 Å². The van der Waals surface area contributed by atoms with Crippen molar-refractivity contribution >= 4 is 68.0 Å². The van der Waals surface area contributed by atoms with Crippen molar-refractivity contribution in [3.05, 3.63) is 309 Å². The summed E-state index contributed by atoms with van der Waals surface area (Å²) < 4.78 is 0. The van der Waals surface area contributed by atoms with Gasteiger partial charge in [0.15, 0.2) is 0 Å². The second kappa shape index (κ2) is 19.4. The van der Waals surface area contributed by atoms with Gasteiger partial charge in [0.1, 0.15) is 0 Å². The molecule has 0 atom stereocenters. The lowest BCUT2D eigenvalue weighted by molar-refractivity contribution is 1.26. The zero-order valence-corrected chi connectivity index (χ0v) is 43.4. The Morgan fingerprint density at radius 2 is 0.532 bits per heavy atom. The van der Waals surface area contributed by atoms with E-state index in [9.17, 15) is 0 Å². The Balaban J connectivity index is 1.13. The van der Waals surface area contributed by atoms with Crippen molar-refractivity contribution in [2.45, 2.75) is 0 Å². The first-order valence-electron chi connectivity index (χ1n) is 27.4. The fraction of sp³-hybridized carbons (Fsp3) is 0. The predicted molar refractivity (Wildman–Crippen MR) is 336 cm³/mol. The van der Waals surface area contributed by atoms with Gasteiger partial charge in [0.25, 0.3) is 6.71 Å². The van der Waals surface area contributed by atoms with Gasteiger partial charge in [-0.15, -0.1) is 0 Å². The number of para-hydroxylation sites is 2. The van der Waals surface area contributed by atoms with Gasteiger partial charge in [-0.1, -0.05) is 279 Å². The Labute approximate surface area is 462 Å². The van der Waals surface area contributed by atoms with Crippen LogP contribution in [0.2, 0.25) is 0 Å². The third-order valence-corrected chi connectivity index (χ3v) is 16.2. The molecule has 2 aliphatic heterocycles. The van der Waals surface area contributed by atoms with Crippen LogP contribution < -0.4 is 26.2 Å². The van der Waals surface area contributed by atoms with E-state index in [0.29, 0.717) is 0 Å².